The Kier molecular flexibility index (Phi) is 3.51. The lowest BCUT2D eigenvalue weighted by Crippen LogP contribution is -2.21. The summed E-state index contributed by atoms with van der Waals surface area (Å²) < 4.78 is 0. The summed E-state index contributed by atoms with van der Waals surface area (Å²) in [7, 11) is 0. The molecule has 0 aliphatic carbocycles. The van der Waals surface area contributed by atoms with Crippen LogP contribution in [0.15, 0.2) is 29.1 Å². The zero-order chi connectivity index (χ0) is 10.7. The van der Waals surface area contributed by atoms with Gasteiger partial charge in [0.2, 0.25) is 0 Å². The Morgan fingerprint density at radius 3 is 2.67 bits per heavy atom. The molecule has 2 aromatic heterocycles. The van der Waals surface area contributed by atoms with E-state index in [9.17, 15) is 0 Å². The number of hydrogen-bond donors (Lipinski definition) is 1. The van der Waals surface area contributed by atoms with E-state index in [1.165, 1.54) is 4.88 Å². The van der Waals surface area contributed by atoms with Gasteiger partial charge in [0.1, 0.15) is 5.01 Å². The molecule has 0 bridgehead atoms. The largest absolute Gasteiger partial charge is 0.301 e. The highest BCUT2D eigenvalue weighted by Gasteiger charge is 2.12. The summed E-state index contributed by atoms with van der Waals surface area (Å²) in [6.07, 6.45) is 1.86. The lowest BCUT2D eigenvalue weighted by Gasteiger charge is -2.17. The summed E-state index contributed by atoms with van der Waals surface area (Å²) in [6, 6.07) is 4.97. The first kappa shape index (κ1) is 10.8. The smallest absolute Gasteiger partial charge is 0.109 e. The molecule has 0 amide bonds. The maximum Gasteiger partial charge on any atom is 0.109 e. The zero-order valence-corrected chi connectivity index (χ0v) is 10.4. The summed E-state index contributed by atoms with van der Waals surface area (Å²) in [4.78, 5) is 5.68. The fraction of sp³-hybridized carbons (Fsp3) is 0.364. The van der Waals surface area contributed by atoms with Crippen LogP contribution in [0.25, 0.3) is 0 Å². The highest BCUT2D eigenvalue weighted by Crippen LogP contribution is 2.23. The molecule has 0 aromatic carbocycles. The number of rotatable bonds is 4. The van der Waals surface area contributed by atoms with Crippen molar-refractivity contribution in [1.29, 1.82) is 0 Å². The van der Waals surface area contributed by atoms with Crippen LogP contribution in [0.5, 0.6) is 0 Å². The minimum absolute atomic E-state index is 0.321. The standard InChI is InChI=1S/C11H14N2S2/c1-8(10-4-3-6-14-10)13-9(2)11-12-5-7-15-11/h3-9,13H,1-2H3/t8-,9?/m1/s1. The van der Waals surface area contributed by atoms with E-state index in [0.717, 1.165) is 5.01 Å². The first-order valence-electron chi connectivity index (χ1n) is 4.96. The second kappa shape index (κ2) is 4.88. The van der Waals surface area contributed by atoms with Crippen LogP contribution in [0.4, 0.5) is 0 Å². The normalized spacial score (nSPS) is 15.1. The van der Waals surface area contributed by atoms with Crippen LogP contribution in [0, 0.1) is 0 Å². The van der Waals surface area contributed by atoms with Gasteiger partial charge in [0.25, 0.3) is 0 Å². The fourth-order valence-electron chi connectivity index (χ4n) is 1.51. The van der Waals surface area contributed by atoms with Crippen LogP contribution in [0.3, 0.4) is 0 Å². The molecular formula is C11H14N2S2. The number of hydrogen-bond acceptors (Lipinski definition) is 4. The molecule has 2 nitrogen and oxygen atoms in total. The average Bonchev–Trinajstić information content (AvgIpc) is 2.91. The van der Waals surface area contributed by atoms with Crippen LogP contribution in [0.1, 0.15) is 35.8 Å². The molecule has 2 rings (SSSR count). The number of thiophene rings is 1. The third-order valence-corrected chi connectivity index (χ3v) is 4.31. The van der Waals surface area contributed by atoms with Crippen LogP contribution in [-0.4, -0.2) is 4.98 Å². The molecule has 0 spiro atoms. The van der Waals surface area contributed by atoms with Gasteiger partial charge < -0.3 is 5.32 Å². The van der Waals surface area contributed by atoms with Gasteiger partial charge in [0.05, 0.1) is 6.04 Å². The van der Waals surface area contributed by atoms with E-state index < -0.39 is 0 Å². The second-order valence-electron chi connectivity index (χ2n) is 3.50. The number of nitrogens with zero attached hydrogens (tertiary/aromatic N) is 1. The molecule has 2 heterocycles. The van der Waals surface area contributed by atoms with Gasteiger partial charge in [-0.1, -0.05) is 6.07 Å². The molecule has 0 aliphatic rings. The summed E-state index contributed by atoms with van der Waals surface area (Å²) >= 11 is 3.49. The van der Waals surface area contributed by atoms with Gasteiger partial charge in [-0.05, 0) is 25.3 Å². The Morgan fingerprint density at radius 2 is 2.07 bits per heavy atom. The lowest BCUT2D eigenvalue weighted by atomic mass is 10.2. The highest BCUT2D eigenvalue weighted by molar-refractivity contribution is 7.10. The van der Waals surface area contributed by atoms with E-state index in [0.29, 0.717) is 12.1 Å². The molecule has 2 atom stereocenters. The van der Waals surface area contributed by atoms with Gasteiger partial charge in [0, 0.05) is 22.5 Å². The molecule has 2 aromatic rings. The second-order valence-corrected chi connectivity index (χ2v) is 5.40. The molecule has 1 N–H and O–H groups in total. The molecule has 80 valence electrons. The van der Waals surface area contributed by atoms with Crippen molar-refractivity contribution in [3.8, 4) is 0 Å². The number of thiazole rings is 1. The zero-order valence-electron chi connectivity index (χ0n) is 8.81. The topological polar surface area (TPSA) is 24.9 Å². The summed E-state index contributed by atoms with van der Waals surface area (Å²) in [5.41, 5.74) is 0. The first-order valence-corrected chi connectivity index (χ1v) is 6.72. The monoisotopic (exact) mass is 238 g/mol. The predicted molar refractivity (Wildman–Crippen MR) is 66.4 cm³/mol. The van der Waals surface area contributed by atoms with Crippen molar-refractivity contribution >= 4 is 22.7 Å². The molecule has 0 saturated carbocycles. The van der Waals surface area contributed by atoms with Gasteiger partial charge in [-0.25, -0.2) is 4.98 Å². The maximum atomic E-state index is 4.31. The molecule has 4 heteroatoms. The Hall–Kier alpha value is -0.710. The average molecular weight is 238 g/mol. The Labute approximate surface area is 98.0 Å². The van der Waals surface area contributed by atoms with Crippen molar-refractivity contribution in [3.63, 3.8) is 0 Å². The molecule has 0 aliphatic heterocycles. The van der Waals surface area contributed by atoms with Gasteiger partial charge in [-0.15, -0.1) is 22.7 Å². The number of nitrogens with one attached hydrogen (secondary N) is 1. The van der Waals surface area contributed by atoms with Crippen molar-refractivity contribution in [1.82, 2.24) is 10.3 Å². The van der Waals surface area contributed by atoms with Crippen molar-refractivity contribution in [2.75, 3.05) is 0 Å². The maximum absolute atomic E-state index is 4.31. The van der Waals surface area contributed by atoms with E-state index >= 15 is 0 Å². The lowest BCUT2D eigenvalue weighted by molar-refractivity contribution is 0.498. The number of aromatic nitrogens is 1. The Balaban J connectivity index is 1.98. The van der Waals surface area contributed by atoms with Crippen LogP contribution in [0.2, 0.25) is 0 Å². The minimum Gasteiger partial charge on any atom is -0.301 e. The van der Waals surface area contributed by atoms with Crippen molar-refractivity contribution in [2.45, 2.75) is 25.9 Å². The minimum atomic E-state index is 0.321. The van der Waals surface area contributed by atoms with E-state index in [4.69, 9.17) is 0 Å². The molecular weight excluding hydrogens is 224 g/mol. The molecule has 15 heavy (non-hydrogen) atoms. The van der Waals surface area contributed by atoms with E-state index in [2.05, 4.69) is 41.7 Å². The summed E-state index contributed by atoms with van der Waals surface area (Å²) in [5, 5.41) is 8.82. The Bertz CT molecular complexity index is 342. The van der Waals surface area contributed by atoms with E-state index in [-0.39, 0.29) is 0 Å². The summed E-state index contributed by atoms with van der Waals surface area (Å²) in [6.45, 7) is 4.35. The van der Waals surface area contributed by atoms with Crippen LogP contribution < -0.4 is 5.32 Å². The van der Waals surface area contributed by atoms with Crippen molar-refractivity contribution < 1.29 is 0 Å². The van der Waals surface area contributed by atoms with Crippen LogP contribution in [-0.2, 0) is 0 Å². The van der Waals surface area contributed by atoms with Gasteiger partial charge in [-0.3, -0.25) is 0 Å². The van der Waals surface area contributed by atoms with Crippen molar-refractivity contribution in [2.24, 2.45) is 0 Å². The third-order valence-electron chi connectivity index (χ3n) is 2.29. The molecule has 0 fully saturated rings. The van der Waals surface area contributed by atoms with Gasteiger partial charge in [0.15, 0.2) is 0 Å². The molecule has 0 radical (unpaired) electrons. The SMILES string of the molecule is CC(N[C@H](C)c1cccs1)c1nccs1. The van der Waals surface area contributed by atoms with E-state index in [1.807, 2.05) is 11.6 Å². The van der Waals surface area contributed by atoms with E-state index in [1.54, 1.807) is 22.7 Å². The van der Waals surface area contributed by atoms with Crippen molar-refractivity contribution in [3.05, 3.63) is 39.0 Å². The molecule has 0 saturated heterocycles. The Morgan fingerprint density at radius 1 is 1.20 bits per heavy atom. The van der Waals surface area contributed by atoms with Gasteiger partial charge >= 0.3 is 0 Å². The van der Waals surface area contributed by atoms with Gasteiger partial charge in [-0.2, -0.15) is 0 Å². The highest BCUT2D eigenvalue weighted by atomic mass is 32.1. The molecule has 1 unspecified atom stereocenters. The fourth-order valence-corrected chi connectivity index (χ4v) is 2.91. The summed E-state index contributed by atoms with van der Waals surface area (Å²) in [5.74, 6) is 0. The predicted octanol–water partition coefficient (Wildman–Crippen LogP) is 3.62. The third kappa shape index (κ3) is 2.65. The van der Waals surface area contributed by atoms with Crippen LogP contribution >= 0.6 is 22.7 Å². The first-order chi connectivity index (χ1) is 7.27. The quantitative estimate of drug-likeness (QED) is 0.880.